The van der Waals surface area contributed by atoms with Crippen molar-refractivity contribution in [2.45, 2.75) is 32.2 Å². The summed E-state index contributed by atoms with van der Waals surface area (Å²) in [6.45, 7) is 3.97. The molecule has 0 saturated heterocycles. The summed E-state index contributed by atoms with van der Waals surface area (Å²) < 4.78 is 0. The van der Waals surface area contributed by atoms with Gasteiger partial charge in [0, 0.05) is 24.0 Å². The van der Waals surface area contributed by atoms with Crippen molar-refractivity contribution in [3.05, 3.63) is 45.7 Å². The molecule has 0 aromatic carbocycles. The van der Waals surface area contributed by atoms with Gasteiger partial charge in [0.15, 0.2) is 0 Å². The average Bonchev–Trinajstić information content (AvgIpc) is 2.86. The lowest BCUT2D eigenvalue weighted by molar-refractivity contribution is 0.318. The molecule has 0 N–H and O–H groups in total. The van der Waals surface area contributed by atoms with Crippen molar-refractivity contribution in [1.29, 1.82) is 0 Å². The number of alkyl halides is 1. The molecule has 0 atom stereocenters. The number of nitrogens with zero attached hydrogens (tertiary/aromatic N) is 3. The lowest BCUT2D eigenvalue weighted by Crippen LogP contribution is -2.20. The Morgan fingerprint density at radius 2 is 2.10 bits per heavy atom. The minimum absolute atomic E-state index is 0.509. The second-order valence-corrected chi connectivity index (χ2v) is 6.19. The molecule has 0 aliphatic rings. The van der Waals surface area contributed by atoms with Gasteiger partial charge in [-0.2, -0.15) is 0 Å². The molecule has 2 rings (SSSR count). The van der Waals surface area contributed by atoms with Crippen molar-refractivity contribution in [3.8, 4) is 0 Å². The smallest absolute Gasteiger partial charge is 0.0929 e. The Bertz CT molecular complexity index is 541. The highest BCUT2D eigenvalue weighted by molar-refractivity contribution is 7.09. The SMILES string of the molecule is Cc1cccc(CN(C)CCCc2nc(CCl)cs2)n1. The fraction of sp³-hybridized carbons (Fsp3) is 0.467. The Morgan fingerprint density at radius 1 is 1.25 bits per heavy atom. The maximum atomic E-state index is 5.76. The molecule has 0 spiro atoms. The van der Waals surface area contributed by atoms with Gasteiger partial charge in [-0.05, 0) is 39.1 Å². The molecule has 0 amide bonds. The fourth-order valence-corrected chi connectivity index (χ4v) is 3.14. The third-order valence-corrected chi connectivity index (χ3v) is 4.28. The van der Waals surface area contributed by atoms with Gasteiger partial charge in [-0.3, -0.25) is 4.98 Å². The molecule has 2 heterocycles. The van der Waals surface area contributed by atoms with Crippen molar-refractivity contribution in [2.75, 3.05) is 13.6 Å². The van der Waals surface area contributed by atoms with Crippen LogP contribution in [0.25, 0.3) is 0 Å². The van der Waals surface area contributed by atoms with Crippen LogP contribution in [-0.4, -0.2) is 28.5 Å². The Morgan fingerprint density at radius 3 is 2.80 bits per heavy atom. The lowest BCUT2D eigenvalue weighted by Gasteiger charge is -2.15. The van der Waals surface area contributed by atoms with Gasteiger partial charge in [0.25, 0.3) is 0 Å². The van der Waals surface area contributed by atoms with Crippen LogP contribution in [0.4, 0.5) is 0 Å². The molecule has 3 nitrogen and oxygen atoms in total. The van der Waals surface area contributed by atoms with Crippen molar-refractivity contribution < 1.29 is 0 Å². The van der Waals surface area contributed by atoms with Crippen LogP contribution in [0.5, 0.6) is 0 Å². The zero-order valence-corrected chi connectivity index (χ0v) is 13.5. The molecule has 0 aliphatic heterocycles. The first-order chi connectivity index (χ1) is 9.67. The van der Waals surface area contributed by atoms with Gasteiger partial charge in [0.1, 0.15) is 0 Å². The summed E-state index contributed by atoms with van der Waals surface area (Å²) in [7, 11) is 2.13. The molecule has 0 bridgehead atoms. The van der Waals surface area contributed by atoms with Crippen molar-refractivity contribution in [3.63, 3.8) is 0 Å². The molecule has 0 radical (unpaired) electrons. The van der Waals surface area contributed by atoms with Crippen LogP contribution in [0.3, 0.4) is 0 Å². The molecule has 108 valence electrons. The average molecular weight is 310 g/mol. The summed E-state index contributed by atoms with van der Waals surface area (Å²) in [5, 5.41) is 3.23. The van der Waals surface area contributed by atoms with Crippen LogP contribution in [0, 0.1) is 6.92 Å². The number of thiazole rings is 1. The Labute approximate surface area is 129 Å². The van der Waals surface area contributed by atoms with Gasteiger partial charge < -0.3 is 4.90 Å². The van der Waals surface area contributed by atoms with Gasteiger partial charge in [0.2, 0.25) is 0 Å². The molecular weight excluding hydrogens is 290 g/mol. The van der Waals surface area contributed by atoms with E-state index in [-0.39, 0.29) is 0 Å². The molecule has 5 heteroatoms. The monoisotopic (exact) mass is 309 g/mol. The number of rotatable bonds is 7. The van der Waals surface area contributed by atoms with E-state index in [0.29, 0.717) is 5.88 Å². The predicted molar refractivity (Wildman–Crippen MR) is 85.3 cm³/mol. The molecule has 0 unspecified atom stereocenters. The summed E-state index contributed by atoms with van der Waals surface area (Å²) in [6, 6.07) is 6.17. The fourth-order valence-electron chi connectivity index (χ4n) is 2.07. The number of aromatic nitrogens is 2. The number of hydrogen-bond acceptors (Lipinski definition) is 4. The summed E-state index contributed by atoms with van der Waals surface area (Å²) in [4.78, 5) is 11.3. The van der Waals surface area contributed by atoms with Crippen LogP contribution < -0.4 is 0 Å². The zero-order valence-electron chi connectivity index (χ0n) is 12.0. The van der Waals surface area contributed by atoms with E-state index >= 15 is 0 Å². The van der Waals surface area contributed by atoms with Crippen LogP contribution in [0.2, 0.25) is 0 Å². The minimum atomic E-state index is 0.509. The lowest BCUT2D eigenvalue weighted by atomic mass is 10.2. The molecule has 0 saturated carbocycles. The quantitative estimate of drug-likeness (QED) is 0.731. The van der Waals surface area contributed by atoms with Crippen LogP contribution in [-0.2, 0) is 18.8 Å². The van der Waals surface area contributed by atoms with Crippen molar-refractivity contribution in [2.24, 2.45) is 0 Å². The molecular formula is C15H20ClN3S. The normalized spacial score (nSPS) is 11.2. The Hall–Kier alpha value is -0.970. The Balaban J connectivity index is 1.73. The summed E-state index contributed by atoms with van der Waals surface area (Å²) in [5.41, 5.74) is 3.20. The van der Waals surface area contributed by atoms with Crippen LogP contribution in [0.15, 0.2) is 23.6 Å². The van der Waals surface area contributed by atoms with Crippen molar-refractivity contribution >= 4 is 22.9 Å². The first-order valence-corrected chi connectivity index (χ1v) is 8.19. The Kier molecular flexibility index (Phi) is 5.95. The molecule has 0 fully saturated rings. The number of pyridine rings is 1. The summed E-state index contributed by atoms with van der Waals surface area (Å²) in [5.74, 6) is 0.509. The maximum absolute atomic E-state index is 5.76. The van der Waals surface area contributed by atoms with Gasteiger partial charge in [-0.15, -0.1) is 22.9 Å². The highest BCUT2D eigenvalue weighted by atomic mass is 35.5. The van der Waals surface area contributed by atoms with Gasteiger partial charge in [-0.25, -0.2) is 4.98 Å². The highest BCUT2D eigenvalue weighted by Gasteiger charge is 2.04. The van der Waals surface area contributed by atoms with E-state index in [2.05, 4.69) is 34.0 Å². The van der Waals surface area contributed by atoms with E-state index in [0.717, 1.165) is 43.0 Å². The molecule has 2 aromatic heterocycles. The van der Waals surface area contributed by atoms with E-state index in [1.54, 1.807) is 11.3 Å². The van der Waals surface area contributed by atoms with Gasteiger partial charge in [0.05, 0.1) is 22.3 Å². The molecule has 2 aromatic rings. The van der Waals surface area contributed by atoms with Crippen LogP contribution in [0.1, 0.15) is 28.5 Å². The number of hydrogen-bond donors (Lipinski definition) is 0. The third kappa shape index (κ3) is 4.85. The van der Waals surface area contributed by atoms with Crippen LogP contribution >= 0.6 is 22.9 Å². The largest absolute Gasteiger partial charge is 0.301 e. The third-order valence-electron chi connectivity index (χ3n) is 3.04. The second kappa shape index (κ2) is 7.72. The number of aryl methyl sites for hydroxylation is 2. The number of halogens is 1. The van der Waals surface area contributed by atoms with E-state index in [4.69, 9.17) is 11.6 Å². The standard InChI is InChI=1S/C15H20ClN3S/c1-12-5-3-6-13(17-12)10-19(2)8-4-7-15-18-14(9-16)11-20-15/h3,5-6,11H,4,7-10H2,1-2H3. The second-order valence-electron chi connectivity index (χ2n) is 4.98. The maximum Gasteiger partial charge on any atom is 0.0929 e. The van der Waals surface area contributed by atoms with Gasteiger partial charge in [-0.1, -0.05) is 6.07 Å². The van der Waals surface area contributed by atoms with Crippen molar-refractivity contribution in [1.82, 2.24) is 14.9 Å². The van der Waals surface area contributed by atoms with Gasteiger partial charge >= 0.3 is 0 Å². The summed E-state index contributed by atoms with van der Waals surface area (Å²) in [6.07, 6.45) is 2.13. The van der Waals surface area contributed by atoms with E-state index in [9.17, 15) is 0 Å². The minimum Gasteiger partial charge on any atom is -0.301 e. The van der Waals surface area contributed by atoms with E-state index in [1.165, 1.54) is 5.01 Å². The van der Waals surface area contributed by atoms with E-state index in [1.807, 2.05) is 18.4 Å². The highest BCUT2D eigenvalue weighted by Crippen LogP contribution is 2.13. The first kappa shape index (κ1) is 15.4. The molecule has 0 aliphatic carbocycles. The van der Waals surface area contributed by atoms with E-state index < -0.39 is 0 Å². The first-order valence-electron chi connectivity index (χ1n) is 6.77. The topological polar surface area (TPSA) is 29.0 Å². The molecule has 20 heavy (non-hydrogen) atoms. The summed E-state index contributed by atoms with van der Waals surface area (Å²) >= 11 is 7.46. The predicted octanol–water partition coefficient (Wildman–Crippen LogP) is 3.65. The zero-order chi connectivity index (χ0) is 14.4.